The second-order valence-corrected chi connectivity index (χ2v) is 3.06. The van der Waals surface area contributed by atoms with Gasteiger partial charge >= 0.3 is 5.97 Å². The maximum Gasteiger partial charge on any atom is 0.337 e. The fourth-order valence-electron chi connectivity index (χ4n) is 1.46. The second kappa shape index (κ2) is 5.25. The standard InChI is InChI=1S/C11H15NO4/c1-4-12-9-7(11(13)14)5-6-8(15-2)10(9)16-3/h5-6,12H,4H2,1-3H3,(H,13,14). The van der Waals surface area contributed by atoms with Gasteiger partial charge in [0.25, 0.3) is 0 Å². The smallest absolute Gasteiger partial charge is 0.337 e. The molecule has 16 heavy (non-hydrogen) atoms. The van der Waals surface area contributed by atoms with E-state index in [0.29, 0.717) is 23.7 Å². The number of ether oxygens (including phenoxy) is 2. The van der Waals surface area contributed by atoms with Crippen LogP contribution in [0.2, 0.25) is 0 Å². The van der Waals surface area contributed by atoms with Crippen molar-refractivity contribution < 1.29 is 19.4 Å². The molecule has 0 bridgehead atoms. The monoisotopic (exact) mass is 225 g/mol. The Hall–Kier alpha value is -1.91. The molecule has 5 heteroatoms. The summed E-state index contributed by atoms with van der Waals surface area (Å²) in [6.45, 7) is 2.48. The molecule has 0 atom stereocenters. The predicted molar refractivity (Wildman–Crippen MR) is 60.7 cm³/mol. The van der Waals surface area contributed by atoms with Crippen LogP contribution in [-0.4, -0.2) is 31.8 Å². The number of methoxy groups -OCH3 is 2. The molecule has 2 N–H and O–H groups in total. The first-order valence-corrected chi connectivity index (χ1v) is 4.87. The molecule has 0 saturated heterocycles. The van der Waals surface area contributed by atoms with E-state index in [4.69, 9.17) is 14.6 Å². The number of carboxylic acids is 1. The summed E-state index contributed by atoms with van der Waals surface area (Å²) in [4.78, 5) is 11.0. The third-order valence-corrected chi connectivity index (χ3v) is 2.13. The molecular formula is C11H15NO4. The van der Waals surface area contributed by atoms with Gasteiger partial charge in [-0.05, 0) is 19.1 Å². The number of hydrogen-bond donors (Lipinski definition) is 2. The lowest BCUT2D eigenvalue weighted by molar-refractivity contribution is 0.0697. The Bertz CT molecular complexity index is 390. The molecule has 1 rings (SSSR count). The molecule has 0 unspecified atom stereocenters. The van der Waals surface area contributed by atoms with Crippen molar-refractivity contribution in [1.29, 1.82) is 0 Å². The maximum atomic E-state index is 11.0. The van der Waals surface area contributed by atoms with Crippen molar-refractivity contribution in [2.45, 2.75) is 6.92 Å². The average molecular weight is 225 g/mol. The second-order valence-electron chi connectivity index (χ2n) is 3.06. The van der Waals surface area contributed by atoms with Gasteiger partial charge in [0.05, 0.1) is 25.5 Å². The first-order valence-electron chi connectivity index (χ1n) is 4.87. The van der Waals surface area contributed by atoms with E-state index in [1.165, 1.54) is 20.3 Å². The van der Waals surface area contributed by atoms with Gasteiger partial charge in [-0.1, -0.05) is 0 Å². The molecule has 0 aliphatic heterocycles. The zero-order valence-electron chi connectivity index (χ0n) is 9.53. The Labute approximate surface area is 94.0 Å². The van der Waals surface area contributed by atoms with Crippen LogP contribution in [-0.2, 0) is 0 Å². The number of rotatable bonds is 5. The van der Waals surface area contributed by atoms with Gasteiger partial charge in [0.1, 0.15) is 0 Å². The predicted octanol–water partition coefficient (Wildman–Crippen LogP) is 1.83. The van der Waals surface area contributed by atoms with Crippen LogP contribution in [0.25, 0.3) is 0 Å². The first kappa shape index (κ1) is 12.2. The highest BCUT2D eigenvalue weighted by Crippen LogP contribution is 2.37. The molecule has 0 saturated carbocycles. The molecule has 0 radical (unpaired) electrons. The van der Waals surface area contributed by atoms with Crippen LogP contribution in [0.4, 0.5) is 5.69 Å². The van der Waals surface area contributed by atoms with E-state index < -0.39 is 5.97 Å². The van der Waals surface area contributed by atoms with E-state index in [-0.39, 0.29) is 5.56 Å². The number of aromatic carboxylic acids is 1. The number of hydrogen-bond acceptors (Lipinski definition) is 4. The highest BCUT2D eigenvalue weighted by atomic mass is 16.5. The van der Waals surface area contributed by atoms with Crippen molar-refractivity contribution >= 4 is 11.7 Å². The first-order chi connectivity index (χ1) is 7.65. The van der Waals surface area contributed by atoms with Gasteiger partial charge in [-0.25, -0.2) is 4.79 Å². The lowest BCUT2D eigenvalue weighted by atomic mass is 10.1. The zero-order chi connectivity index (χ0) is 12.1. The molecule has 1 aromatic rings. The number of nitrogens with one attached hydrogen (secondary N) is 1. The summed E-state index contributed by atoms with van der Waals surface area (Å²) in [5, 5.41) is 12.0. The van der Waals surface area contributed by atoms with Gasteiger partial charge in [0.15, 0.2) is 11.5 Å². The summed E-state index contributed by atoms with van der Waals surface area (Å²) < 4.78 is 10.3. The Kier molecular flexibility index (Phi) is 3.99. The molecule has 5 nitrogen and oxygen atoms in total. The lowest BCUT2D eigenvalue weighted by Crippen LogP contribution is -2.08. The van der Waals surface area contributed by atoms with Crippen LogP contribution < -0.4 is 14.8 Å². The van der Waals surface area contributed by atoms with Crippen molar-refractivity contribution in [3.05, 3.63) is 17.7 Å². The van der Waals surface area contributed by atoms with Gasteiger partial charge in [0.2, 0.25) is 0 Å². The van der Waals surface area contributed by atoms with Crippen LogP contribution >= 0.6 is 0 Å². The quantitative estimate of drug-likeness (QED) is 0.800. The van der Waals surface area contributed by atoms with Crippen molar-refractivity contribution in [1.82, 2.24) is 0 Å². The van der Waals surface area contributed by atoms with E-state index >= 15 is 0 Å². The summed E-state index contributed by atoms with van der Waals surface area (Å²) in [5.74, 6) is -0.0930. The fourth-order valence-corrected chi connectivity index (χ4v) is 1.46. The average Bonchev–Trinajstić information content (AvgIpc) is 2.28. The number of benzene rings is 1. The van der Waals surface area contributed by atoms with Crippen LogP contribution in [0, 0.1) is 0 Å². The molecule has 0 amide bonds. The van der Waals surface area contributed by atoms with Crippen LogP contribution in [0.1, 0.15) is 17.3 Å². The van der Waals surface area contributed by atoms with Crippen LogP contribution in [0.15, 0.2) is 12.1 Å². The SMILES string of the molecule is CCNc1c(C(=O)O)ccc(OC)c1OC. The van der Waals surface area contributed by atoms with Gasteiger partial charge in [-0.15, -0.1) is 0 Å². The molecule has 0 aromatic heterocycles. The minimum Gasteiger partial charge on any atom is -0.493 e. The van der Waals surface area contributed by atoms with Crippen molar-refractivity contribution in [2.24, 2.45) is 0 Å². The fraction of sp³-hybridized carbons (Fsp3) is 0.364. The van der Waals surface area contributed by atoms with E-state index in [0.717, 1.165) is 0 Å². The van der Waals surface area contributed by atoms with Crippen molar-refractivity contribution in [2.75, 3.05) is 26.1 Å². The summed E-state index contributed by atoms with van der Waals surface area (Å²) in [5.41, 5.74) is 0.608. The Morgan fingerprint density at radius 1 is 1.38 bits per heavy atom. The summed E-state index contributed by atoms with van der Waals surface area (Å²) in [7, 11) is 2.98. The molecule has 0 heterocycles. The van der Waals surface area contributed by atoms with Crippen LogP contribution in [0.3, 0.4) is 0 Å². The van der Waals surface area contributed by atoms with Crippen LogP contribution in [0.5, 0.6) is 11.5 Å². The largest absolute Gasteiger partial charge is 0.493 e. The lowest BCUT2D eigenvalue weighted by Gasteiger charge is -2.15. The zero-order valence-corrected chi connectivity index (χ0v) is 9.53. The minimum atomic E-state index is -1.00. The Morgan fingerprint density at radius 2 is 2.06 bits per heavy atom. The summed E-state index contributed by atoms with van der Waals surface area (Å²) in [6.07, 6.45) is 0. The van der Waals surface area contributed by atoms with E-state index in [2.05, 4.69) is 5.32 Å². The van der Waals surface area contributed by atoms with E-state index in [9.17, 15) is 4.79 Å². The Morgan fingerprint density at radius 3 is 2.50 bits per heavy atom. The number of carboxylic acid groups (broad SMARTS) is 1. The highest BCUT2D eigenvalue weighted by molar-refractivity contribution is 5.96. The number of anilines is 1. The molecular weight excluding hydrogens is 210 g/mol. The van der Waals surface area contributed by atoms with E-state index in [1.807, 2.05) is 6.92 Å². The minimum absolute atomic E-state index is 0.166. The van der Waals surface area contributed by atoms with Gasteiger partial charge in [-0.3, -0.25) is 0 Å². The maximum absolute atomic E-state index is 11.0. The molecule has 0 fully saturated rings. The Balaban J connectivity index is 3.37. The van der Waals surface area contributed by atoms with Crippen molar-refractivity contribution in [3.63, 3.8) is 0 Å². The summed E-state index contributed by atoms with van der Waals surface area (Å²) >= 11 is 0. The molecule has 1 aromatic carbocycles. The highest BCUT2D eigenvalue weighted by Gasteiger charge is 2.18. The van der Waals surface area contributed by atoms with Crippen molar-refractivity contribution in [3.8, 4) is 11.5 Å². The molecule has 88 valence electrons. The third-order valence-electron chi connectivity index (χ3n) is 2.13. The topological polar surface area (TPSA) is 67.8 Å². The summed E-state index contributed by atoms with van der Waals surface area (Å²) in [6, 6.07) is 3.06. The van der Waals surface area contributed by atoms with Gasteiger partial charge < -0.3 is 19.9 Å². The van der Waals surface area contributed by atoms with Gasteiger partial charge in [0, 0.05) is 6.54 Å². The van der Waals surface area contributed by atoms with E-state index in [1.54, 1.807) is 6.07 Å². The van der Waals surface area contributed by atoms with Gasteiger partial charge in [-0.2, -0.15) is 0 Å². The molecule has 0 spiro atoms. The molecule has 0 aliphatic carbocycles. The molecule has 0 aliphatic rings. The number of carbonyl (C=O) groups is 1. The normalized spacial score (nSPS) is 9.69. The third kappa shape index (κ3) is 2.18.